The Kier molecular flexibility index (Phi) is 10.6. The van der Waals surface area contributed by atoms with E-state index in [1.54, 1.807) is 67.6 Å². The summed E-state index contributed by atoms with van der Waals surface area (Å²) in [7, 11) is -2.69. The molecule has 0 aliphatic rings. The summed E-state index contributed by atoms with van der Waals surface area (Å²) < 4.78 is 34.2. The molecule has 0 radical (unpaired) electrons. The van der Waals surface area contributed by atoms with Gasteiger partial charge in [-0.15, -0.1) is 0 Å². The van der Waals surface area contributed by atoms with Gasteiger partial charge >= 0.3 is 0 Å². The predicted molar refractivity (Wildman–Crippen MR) is 158 cm³/mol. The Morgan fingerprint density at radius 1 is 1.00 bits per heavy atom. The lowest BCUT2D eigenvalue weighted by Crippen LogP contribution is -2.52. The molecule has 214 valence electrons. The number of hydrogen-bond acceptors (Lipinski definition) is 5. The molecule has 8 nitrogen and oxygen atoms in total. The van der Waals surface area contributed by atoms with E-state index in [4.69, 9.17) is 16.3 Å². The van der Waals surface area contributed by atoms with Gasteiger partial charge in [-0.1, -0.05) is 60.5 Å². The molecule has 0 fully saturated rings. The van der Waals surface area contributed by atoms with E-state index in [0.29, 0.717) is 16.3 Å². The largest absolute Gasteiger partial charge is 0.497 e. The highest BCUT2D eigenvalue weighted by Crippen LogP contribution is 2.28. The van der Waals surface area contributed by atoms with Gasteiger partial charge in [0.05, 0.1) is 17.7 Å². The number of ether oxygens (including phenoxy) is 1. The molecule has 40 heavy (non-hydrogen) atoms. The van der Waals surface area contributed by atoms with E-state index in [1.165, 1.54) is 24.1 Å². The molecule has 1 N–H and O–H groups in total. The van der Waals surface area contributed by atoms with Crippen molar-refractivity contribution in [2.24, 2.45) is 0 Å². The molecule has 0 heterocycles. The molecular weight excluding hydrogens is 550 g/mol. The highest BCUT2D eigenvalue weighted by Gasteiger charge is 2.33. The van der Waals surface area contributed by atoms with Gasteiger partial charge in [0.1, 0.15) is 18.3 Å². The first kappa shape index (κ1) is 31.0. The van der Waals surface area contributed by atoms with Crippen molar-refractivity contribution in [1.82, 2.24) is 10.2 Å². The summed E-state index contributed by atoms with van der Waals surface area (Å²) in [5, 5.41) is 3.35. The molecule has 0 bridgehead atoms. The zero-order valence-corrected chi connectivity index (χ0v) is 25.0. The first-order chi connectivity index (χ1) is 19.0. The summed E-state index contributed by atoms with van der Waals surface area (Å²) in [4.78, 5) is 28.5. The Balaban J connectivity index is 2.05. The maximum absolute atomic E-state index is 14.0. The summed E-state index contributed by atoms with van der Waals surface area (Å²) in [5.41, 5.74) is 1.78. The smallest absolute Gasteiger partial charge is 0.264 e. The SMILES string of the molecule is CC[C@H](C)NC(=O)[C@@H](C)N(Cc1ccccc1Cl)C(=O)CN(c1cccc(OC)c1)S(=O)(=O)c1ccc(C)cc1. The summed E-state index contributed by atoms with van der Waals surface area (Å²) >= 11 is 6.41. The second kappa shape index (κ2) is 13.7. The van der Waals surface area contributed by atoms with Gasteiger partial charge in [-0.2, -0.15) is 0 Å². The third-order valence-electron chi connectivity index (χ3n) is 6.70. The van der Waals surface area contributed by atoms with E-state index in [-0.39, 0.29) is 29.1 Å². The molecule has 3 aromatic carbocycles. The number of amides is 2. The molecule has 0 aliphatic heterocycles. The summed E-state index contributed by atoms with van der Waals surface area (Å²) in [6, 6.07) is 18.9. The Morgan fingerprint density at radius 2 is 1.68 bits per heavy atom. The van der Waals surface area contributed by atoms with Crippen LogP contribution >= 0.6 is 11.6 Å². The molecule has 0 aliphatic carbocycles. The fourth-order valence-corrected chi connectivity index (χ4v) is 5.59. The normalized spacial score (nSPS) is 12.8. The number of carbonyl (C=O) groups excluding carboxylic acids is 2. The quantitative estimate of drug-likeness (QED) is 0.316. The lowest BCUT2D eigenvalue weighted by Gasteiger charge is -2.32. The van der Waals surface area contributed by atoms with Crippen molar-refractivity contribution < 1.29 is 22.7 Å². The second-order valence-electron chi connectivity index (χ2n) is 9.63. The van der Waals surface area contributed by atoms with Crippen LogP contribution in [0.3, 0.4) is 0 Å². The highest BCUT2D eigenvalue weighted by molar-refractivity contribution is 7.92. The van der Waals surface area contributed by atoms with Crippen LogP contribution in [-0.4, -0.2) is 50.9 Å². The molecule has 0 aromatic heterocycles. The van der Waals surface area contributed by atoms with E-state index in [0.717, 1.165) is 16.3 Å². The molecule has 0 saturated heterocycles. The Bertz CT molecular complexity index is 1430. The molecule has 3 rings (SSSR count). The molecule has 3 aromatic rings. The maximum Gasteiger partial charge on any atom is 0.264 e. The molecule has 2 atom stereocenters. The van der Waals surface area contributed by atoms with E-state index < -0.39 is 28.5 Å². The number of hydrogen-bond donors (Lipinski definition) is 1. The molecule has 0 spiro atoms. The number of carbonyl (C=O) groups is 2. The van der Waals surface area contributed by atoms with Gasteiger partial charge in [0.15, 0.2) is 0 Å². The lowest BCUT2D eigenvalue weighted by atomic mass is 10.1. The third-order valence-corrected chi connectivity index (χ3v) is 8.85. The van der Waals surface area contributed by atoms with Crippen molar-refractivity contribution in [3.8, 4) is 5.75 Å². The van der Waals surface area contributed by atoms with Crippen molar-refractivity contribution >= 4 is 39.1 Å². The topological polar surface area (TPSA) is 96.0 Å². The maximum atomic E-state index is 14.0. The van der Waals surface area contributed by atoms with Crippen molar-refractivity contribution in [3.05, 3.63) is 88.9 Å². The van der Waals surface area contributed by atoms with E-state index in [1.807, 2.05) is 20.8 Å². The van der Waals surface area contributed by atoms with Gasteiger partial charge in [-0.05, 0) is 63.1 Å². The van der Waals surface area contributed by atoms with Gasteiger partial charge in [0.2, 0.25) is 11.8 Å². The van der Waals surface area contributed by atoms with Crippen LogP contribution in [0.4, 0.5) is 5.69 Å². The van der Waals surface area contributed by atoms with Crippen LogP contribution in [0.25, 0.3) is 0 Å². The minimum atomic E-state index is -4.17. The zero-order chi connectivity index (χ0) is 29.4. The third kappa shape index (κ3) is 7.55. The number of benzene rings is 3. The first-order valence-electron chi connectivity index (χ1n) is 13.0. The van der Waals surface area contributed by atoms with Gasteiger partial charge < -0.3 is 15.0 Å². The van der Waals surface area contributed by atoms with Crippen molar-refractivity contribution in [2.75, 3.05) is 18.0 Å². The highest BCUT2D eigenvalue weighted by atomic mass is 35.5. The number of methoxy groups -OCH3 is 1. The Labute approximate surface area is 241 Å². The fraction of sp³-hybridized carbons (Fsp3) is 0.333. The molecule has 0 saturated carbocycles. The number of aryl methyl sites for hydroxylation is 1. The fourth-order valence-electron chi connectivity index (χ4n) is 3.99. The van der Waals surface area contributed by atoms with Crippen LogP contribution < -0.4 is 14.4 Å². The van der Waals surface area contributed by atoms with Crippen LogP contribution in [0.5, 0.6) is 5.75 Å². The summed E-state index contributed by atoms with van der Waals surface area (Å²) in [6.45, 7) is 6.78. The van der Waals surface area contributed by atoms with Gasteiger partial charge in [0.25, 0.3) is 10.0 Å². The van der Waals surface area contributed by atoms with E-state index >= 15 is 0 Å². The number of nitrogens with zero attached hydrogens (tertiary/aromatic N) is 2. The van der Waals surface area contributed by atoms with Gasteiger partial charge in [-0.3, -0.25) is 13.9 Å². The first-order valence-corrected chi connectivity index (χ1v) is 14.9. The Morgan fingerprint density at radius 3 is 2.30 bits per heavy atom. The van der Waals surface area contributed by atoms with Crippen LogP contribution in [0.15, 0.2) is 77.7 Å². The Hall–Kier alpha value is -3.56. The average Bonchev–Trinajstić information content (AvgIpc) is 2.95. The summed E-state index contributed by atoms with van der Waals surface area (Å²) in [5.74, 6) is -0.474. The van der Waals surface area contributed by atoms with Gasteiger partial charge in [-0.25, -0.2) is 8.42 Å². The minimum Gasteiger partial charge on any atom is -0.497 e. The van der Waals surface area contributed by atoms with Crippen molar-refractivity contribution in [1.29, 1.82) is 0 Å². The number of nitrogens with one attached hydrogen (secondary N) is 1. The van der Waals surface area contributed by atoms with E-state index in [9.17, 15) is 18.0 Å². The predicted octanol–water partition coefficient (Wildman–Crippen LogP) is 5.18. The molecule has 2 amide bonds. The van der Waals surface area contributed by atoms with E-state index in [2.05, 4.69) is 5.32 Å². The number of sulfonamides is 1. The lowest BCUT2D eigenvalue weighted by molar-refractivity contribution is -0.139. The van der Waals surface area contributed by atoms with Crippen LogP contribution in [0, 0.1) is 6.92 Å². The molecule has 10 heteroatoms. The standard InChI is InChI=1S/C30H36ClN3O5S/c1-6-22(3)32-30(36)23(4)33(19-24-10-7-8-13-28(24)31)29(35)20-34(25-11-9-12-26(18-25)39-5)40(37,38)27-16-14-21(2)15-17-27/h7-18,22-23H,6,19-20H2,1-5H3,(H,32,36)/t22-,23+/m0/s1. The number of halogens is 1. The summed E-state index contributed by atoms with van der Waals surface area (Å²) in [6.07, 6.45) is 0.718. The molecule has 0 unspecified atom stereocenters. The number of anilines is 1. The van der Waals surface area contributed by atoms with Crippen molar-refractivity contribution in [2.45, 2.75) is 57.6 Å². The van der Waals surface area contributed by atoms with Crippen LogP contribution in [0.2, 0.25) is 5.02 Å². The second-order valence-corrected chi connectivity index (χ2v) is 11.9. The molecular formula is C30H36ClN3O5S. The zero-order valence-electron chi connectivity index (χ0n) is 23.4. The van der Waals surface area contributed by atoms with Crippen LogP contribution in [0.1, 0.15) is 38.3 Å². The van der Waals surface area contributed by atoms with Crippen LogP contribution in [-0.2, 0) is 26.2 Å². The van der Waals surface area contributed by atoms with Crippen molar-refractivity contribution in [3.63, 3.8) is 0 Å². The average molecular weight is 586 g/mol. The monoisotopic (exact) mass is 585 g/mol. The minimum absolute atomic E-state index is 0.0180. The van der Waals surface area contributed by atoms with Gasteiger partial charge in [0, 0.05) is 23.7 Å². The number of rotatable bonds is 12.